The lowest BCUT2D eigenvalue weighted by atomic mass is 9.83. The molecule has 3 heteroatoms. The highest BCUT2D eigenvalue weighted by Gasteiger charge is 2.38. The van der Waals surface area contributed by atoms with E-state index in [1.807, 2.05) is 36.4 Å². The highest BCUT2D eigenvalue weighted by molar-refractivity contribution is 7.99. The van der Waals surface area contributed by atoms with E-state index in [2.05, 4.69) is 12.1 Å². The molecule has 3 rings (SSSR count). The summed E-state index contributed by atoms with van der Waals surface area (Å²) in [6, 6.07) is 16.0. The van der Waals surface area contributed by atoms with Crippen molar-refractivity contribution in [2.45, 2.75) is 21.8 Å². The Kier molecular flexibility index (Phi) is 2.90. The summed E-state index contributed by atoms with van der Waals surface area (Å²) in [4.78, 5) is 2.24. The molecule has 0 bridgehead atoms. The van der Waals surface area contributed by atoms with Crippen LogP contribution in [-0.4, -0.2) is 11.7 Å². The molecule has 3 N–H and O–H groups in total. The molecule has 0 unspecified atom stereocenters. The molecule has 2 nitrogen and oxygen atoms in total. The molecule has 0 spiro atoms. The Morgan fingerprint density at radius 1 is 0.944 bits per heavy atom. The molecule has 18 heavy (non-hydrogen) atoms. The lowest BCUT2D eigenvalue weighted by molar-refractivity contribution is 0.0670. The maximum absolute atomic E-state index is 11.1. The normalized spacial score (nSPS) is 15.9. The van der Waals surface area contributed by atoms with Crippen molar-refractivity contribution in [2.75, 3.05) is 6.54 Å². The fourth-order valence-corrected chi connectivity index (χ4v) is 3.76. The fourth-order valence-electron chi connectivity index (χ4n) is 2.54. The third kappa shape index (κ3) is 1.67. The minimum atomic E-state index is -0.951. The number of aliphatic hydroxyl groups is 1. The molecule has 0 atom stereocenters. The maximum atomic E-state index is 11.1. The average molecular weight is 257 g/mol. The van der Waals surface area contributed by atoms with Gasteiger partial charge in [0.1, 0.15) is 5.60 Å². The first-order valence-corrected chi connectivity index (χ1v) is 6.86. The lowest BCUT2D eigenvalue weighted by Crippen LogP contribution is -2.33. The van der Waals surface area contributed by atoms with Crippen molar-refractivity contribution in [3.63, 3.8) is 0 Å². The molecule has 0 saturated carbocycles. The Hall–Kier alpha value is -1.29. The molecule has 92 valence electrons. The first-order chi connectivity index (χ1) is 8.75. The van der Waals surface area contributed by atoms with Crippen LogP contribution in [0.1, 0.15) is 17.5 Å². The van der Waals surface area contributed by atoms with Crippen molar-refractivity contribution in [3.05, 3.63) is 59.7 Å². The molecule has 0 aromatic heterocycles. The van der Waals surface area contributed by atoms with Crippen molar-refractivity contribution in [3.8, 4) is 0 Å². The van der Waals surface area contributed by atoms with Crippen molar-refractivity contribution in [1.29, 1.82) is 0 Å². The standard InChI is InChI=1S/C15H15NOS/c16-10-9-15(17)11-5-1-3-7-13(11)18-14-8-4-2-6-12(14)15/h1-8,17H,9-10,16H2. The molecule has 1 aliphatic heterocycles. The van der Waals surface area contributed by atoms with Crippen LogP contribution in [0.4, 0.5) is 0 Å². The second-order valence-corrected chi connectivity index (χ2v) is 5.58. The minimum Gasteiger partial charge on any atom is -0.380 e. The second kappa shape index (κ2) is 4.43. The summed E-state index contributed by atoms with van der Waals surface area (Å²) >= 11 is 1.71. The summed E-state index contributed by atoms with van der Waals surface area (Å²) < 4.78 is 0. The topological polar surface area (TPSA) is 46.2 Å². The molecule has 0 aliphatic carbocycles. The zero-order valence-corrected chi connectivity index (χ0v) is 10.8. The predicted octanol–water partition coefficient (Wildman–Crippen LogP) is 2.74. The molecular formula is C15H15NOS. The highest BCUT2D eigenvalue weighted by atomic mass is 32.2. The third-order valence-electron chi connectivity index (χ3n) is 3.39. The number of fused-ring (bicyclic) bond motifs is 2. The Morgan fingerprint density at radius 2 is 1.44 bits per heavy atom. The van der Waals surface area contributed by atoms with E-state index in [0.717, 1.165) is 20.9 Å². The quantitative estimate of drug-likeness (QED) is 0.869. The van der Waals surface area contributed by atoms with Crippen LogP contribution in [0.3, 0.4) is 0 Å². The van der Waals surface area contributed by atoms with Crippen molar-refractivity contribution < 1.29 is 5.11 Å². The summed E-state index contributed by atoms with van der Waals surface area (Å²) in [7, 11) is 0. The number of rotatable bonds is 2. The number of hydrogen-bond donors (Lipinski definition) is 2. The Morgan fingerprint density at radius 3 is 1.94 bits per heavy atom. The van der Waals surface area contributed by atoms with Gasteiger partial charge in [-0.3, -0.25) is 0 Å². The van der Waals surface area contributed by atoms with E-state index in [0.29, 0.717) is 13.0 Å². The molecule has 0 fully saturated rings. The first-order valence-electron chi connectivity index (χ1n) is 6.05. The number of benzene rings is 2. The minimum absolute atomic E-state index is 0.462. The van der Waals surface area contributed by atoms with Crippen LogP contribution in [0.25, 0.3) is 0 Å². The monoisotopic (exact) mass is 257 g/mol. The molecule has 0 radical (unpaired) electrons. The van der Waals surface area contributed by atoms with Crippen LogP contribution < -0.4 is 5.73 Å². The van der Waals surface area contributed by atoms with Crippen molar-refractivity contribution >= 4 is 11.8 Å². The smallest absolute Gasteiger partial charge is 0.118 e. The average Bonchev–Trinajstić information content (AvgIpc) is 2.40. The van der Waals surface area contributed by atoms with Gasteiger partial charge in [-0.1, -0.05) is 48.2 Å². The SMILES string of the molecule is NCCC1(O)c2ccccc2Sc2ccccc21. The van der Waals surface area contributed by atoms with Crippen molar-refractivity contribution in [2.24, 2.45) is 5.73 Å². The van der Waals surface area contributed by atoms with Gasteiger partial charge in [0.05, 0.1) is 0 Å². The fraction of sp³-hybridized carbons (Fsp3) is 0.200. The van der Waals surface area contributed by atoms with E-state index in [-0.39, 0.29) is 0 Å². The van der Waals surface area contributed by atoms with E-state index in [1.54, 1.807) is 11.8 Å². The summed E-state index contributed by atoms with van der Waals surface area (Å²) in [6.45, 7) is 0.462. The van der Waals surface area contributed by atoms with Crippen LogP contribution in [0.15, 0.2) is 58.3 Å². The zero-order valence-electron chi connectivity index (χ0n) is 9.97. The predicted molar refractivity (Wildman–Crippen MR) is 73.7 cm³/mol. The Bertz CT molecular complexity index is 537. The van der Waals surface area contributed by atoms with Gasteiger partial charge in [0.25, 0.3) is 0 Å². The summed E-state index contributed by atoms with van der Waals surface area (Å²) in [6.07, 6.45) is 0.543. The van der Waals surface area contributed by atoms with Gasteiger partial charge in [0, 0.05) is 20.9 Å². The Labute approximate surface area is 111 Å². The van der Waals surface area contributed by atoms with Crippen LogP contribution in [0.5, 0.6) is 0 Å². The van der Waals surface area contributed by atoms with E-state index < -0.39 is 5.60 Å². The van der Waals surface area contributed by atoms with E-state index in [4.69, 9.17) is 5.73 Å². The van der Waals surface area contributed by atoms with Gasteiger partial charge in [0.15, 0.2) is 0 Å². The number of nitrogens with two attached hydrogens (primary N) is 1. The van der Waals surface area contributed by atoms with Gasteiger partial charge in [0.2, 0.25) is 0 Å². The molecule has 2 aromatic carbocycles. The lowest BCUT2D eigenvalue weighted by Gasteiger charge is -2.35. The van der Waals surface area contributed by atoms with E-state index in [1.165, 1.54) is 0 Å². The van der Waals surface area contributed by atoms with Crippen molar-refractivity contribution in [1.82, 2.24) is 0 Å². The van der Waals surface area contributed by atoms with Gasteiger partial charge >= 0.3 is 0 Å². The van der Waals surface area contributed by atoms with Gasteiger partial charge in [-0.05, 0) is 25.1 Å². The zero-order chi connectivity index (χ0) is 12.6. The molecule has 1 heterocycles. The van der Waals surface area contributed by atoms with Crippen LogP contribution in [0, 0.1) is 0 Å². The highest BCUT2D eigenvalue weighted by Crippen LogP contribution is 2.48. The van der Waals surface area contributed by atoms with Crippen LogP contribution in [0.2, 0.25) is 0 Å². The largest absolute Gasteiger partial charge is 0.380 e. The van der Waals surface area contributed by atoms with Crippen LogP contribution >= 0.6 is 11.8 Å². The third-order valence-corrected chi connectivity index (χ3v) is 4.54. The van der Waals surface area contributed by atoms with E-state index in [9.17, 15) is 5.11 Å². The molecule has 0 amide bonds. The summed E-state index contributed by atoms with van der Waals surface area (Å²) in [5.41, 5.74) is 6.68. The molecule has 1 aliphatic rings. The van der Waals surface area contributed by atoms with Gasteiger partial charge < -0.3 is 10.8 Å². The van der Waals surface area contributed by atoms with Gasteiger partial charge in [-0.25, -0.2) is 0 Å². The molecule has 0 saturated heterocycles. The molecular weight excluding hydrogens is 242 g/mol. The van der Waals surface area contributed by atoms with E-state index >= 15 is 0 Å². The number of hydrogen-bond acceptors (Lipinski definition) is 3. The molecule has 2 aromatic rings. The van der Waals surface area contributed by atoms with Gasteiger partial charge in [-0.2, -0.15) is 0 Å². The Balaban J connectivity index is 2.24. The summed E-state index contributed by atoms with van der Waals surface area (Å²) in [5.74, 6) is 0. The first kappa shape index (κ1) is 11.8. The van der Waals surface area contributed by atoms with Crippen LogP contribution in [-0.2, 0) is 5.60 Å². The maximum Gasteiger partial charge on any atom is 0.118 e. The summed E-state index contributed by atoms with van der Waals surface area (Å²) in [5, 5.41) is 11.1. The van der Waals surface area contributed by atoms with Gasteiger partial charge in [-0.15, -0.1) is 0 Å². The second-order valence-electron chi connectivity index (χ2n) is 4.49.